The topological polar surface area (TPSA) is 15.5 Å². The molecular formula is C36H52I4N4. The molecule has 0 amide bonds. The Kier molecular flexibility index (Phi) is 28.6. The molecule has 0 spiro atoms. The highest BCUT2D eigenvalue weighted by atomic mass is 127. The number of hydrogen-bond acceptors (Lipinski definition) is 0. The molecular weight excluding hydrogens is 996 g/mol. The summed E-state index contributed by atoms with van der Waals surface area (Å²) in [5, 5.41) is 0. The minimum atomic E-state index is 0. The SMILES string of the molecule is CCCC[n+]1ccc(-c2cc[n+](CCCC)cc2)cc1.CCCC[n+]1ccc(-c2cc[n+](CCCC)cc2)cc1.[I-].[I-].[I-].[I-]. The van der Waals surface area contributed by atoms with Gasteiger partial charge in [-0.2, -0.15) is 0 Å². The number of pyridine rings is 4. The number of hydrogen-bond donors (Lipinski definition) is 0. The highest BCUT2D eigenvalue weighted by molar-refractivity contribution is 5.61. The van der Waals surface area contributed by atoms with Crippen molar-refractivity contribution < 1.29 is 114 Å². The van der Waals surface area contributed by atoms with Crippen molar-refractivity contribution in [3.63, 3.8) is 0 Å². The van der Waals surface area contributed by atoms with Crippen molar-refractivity contribution in [2.75, 3.05) is 0 Å². The van der Waals surface area contributed by atoms with E-state index in [9.17, 15) is 0 Å². The second kappa shape index (κ2) is 27.6. The molecule has 4 aromatic rings. The molecule has 0 radical (unpaired) electrons. The van der Waals surface area contributed by atoms with Gasteiger partial charge in [0.15, 0.2) is 49.6 Å². The van der Waals surface area contributed by atoms with E-state index in [0.29, 0.717) is 0 Å². The Labute approximate surface area is 336 Å². The van der Waals surface area contributed by atoms with Gasteiger partial charge in [-0.3, -0.25) is 0 Å². The maximum Gasteiger partial charge on any atom is 0.169 e. The van der Waals surface area contributed by atoms with Crippen molar-refractivity contribution in [2.45, 2.75) is 105 Å². The van der Waals surface area contributed by atoms with E-state index >= 15 is 0 Å². The molecule has 0 aliphatic rings. The van der Waals surface area contributed by atoms with Crippen LogP contribution < -0.4 is 114 Å². The molecule has 0 bridgehead atoms. The smallest absolute Gasteiger partial charge is 0.169 e. The van der Waals surface area contributed by atoms with Gasteiger partial charge in [-0.15, -0.1) is 0 Å². The Hall–Kier alpha value is -0.480. The number of aryl methyl sites for hydroxylation is 4. The third kappa shape index (κ3) is 16.9. The van der Waals surface area contributed by atoms with Crippen LogP contribution in [0.3, 0.4) is 0 Å². The van der Waals surface area contributed by atoms with Crippen molar-refractivity contribution in [2.24, 2.45) is 0 Å². The molecule has 0 fully saturated rings. The summed E-state index contributed by atoms with van der Waals surface area (Å²) in [4.78, 5) is 0. The Balaban J connectivity index is 0. The molecule has 0 aliphatic heterocycles. The van der Waals surface area contributed by atoms with Crippen LogP contribution in [0.15, 0.2) is 98.1 Å². The van der Waals surface area contributed by atoms with Gasteiger partial charge in [0, 0.05) is 74.2 Å². The van der Waals surface area contributed by atoms with Gasteiger partial charge in [-0.25, -0.2) is 18.3 Å². The van der Waals surface area contributed by atoms with Gasteiger partial charge in [-0.05, 0) is 22.3 Å². The van der Waals surface area contributed by atoms with Crippen LogP contribution in [0.2, 0.25) is 0 Å². The average molecular weight is 1050 g/mol. The zero-order valence-corrected chi connectivity index (χ0v) is 35.7. The molecule has 0 saturated heterocycles. The van der Waals surface area contributed by atoms with E-state index in [0.717, 1.165) is 26.2 Å². The maximum absolute atomic E-state index is 2.26. The number of unbranched alkanes of at least 4 members (excludes halogenated alkanes) is 4. The molecule has 0 N–H and O–H groups in total. The second-order valence-corrected chi connectivity index (χ2v) is 10.7. The van der Waals surface area contributed by atoms with Gasteiger partial charge in [0.1, 0.15) is 26.2 Å². The largest absolute Gasteiger partial charge is 1.00 e. The lowest BCUT2D eigenvalue weighted by atomic mass is 10.1. The summed E-state index contributed by atoms with van der Waals surface area (Å²) in [5.74, 6) is 0. The standard InChI is InChI=1S/2C18H26N2.4HI/c2*1-3-5-11-19-13-7-17(8-14-19)18-9-15-20(16-10-18)12-6-4-2;;;;/h2*7-10,13-16H,3-6,11-12H2,1-2H3;4*1H/q2*+2;;;;/p-4. The molecule has 0 atom stereocenters. The second-order valence-electron chi connectivity index (χ2n) is 10.7. The molecule has 0 aliphatic carbocycles. The first-order chi connectivity index (χ1) is 19.7. The normalized spacial score (nSPS) is 9.73. The van der Waals surface area contributed by atoms with E-state index in [-0.39, 0.29) is 95.9 Å². The van der Waals surface area contributed by atoms with Crippen LogP contribution in [0.1, 0.15) is 79.1 Å². The lowest BCUT2D eigenvalue weighted by Crippen LogP contribution is -3.00. The summed E-state index contributed by atoms with van der Waals surface area (Å²) in [6.07, 6.45) is 27.4. The molecule has 8 heteroatoms. The summed E-state index contributed by atoms with van der Waals surface area (Å²) < 4.78 is 9.05. The summed E-state index contributed by atoms with van der Waals surface area (Å²) >= 11 is 0. The summed E-state index contributed by atoms with van der Waals surface area (Å²) in [6.45, 7) is 13.4. The quantitative estimate of drug-likeness (QED) is 0.0892. The minimum Gasteiger partial charge on any atom is -1.00 e. The first-order valence-electron chi connectivity index (χ1n) is 15.6. The molecule has 4 heterocycles. The van der Waals surface area contributed by atoms with Gasteiger partial charge >= 0.3 is 0 Å². The van der Waals surface area contributed by atoms with Gasteiger partial charge in [-0.1, -0.05) is 53.4 Å². The van der Waals surface area contributed by atoms with Crippen molar-refractivity contribution in [3.8, 4) is 22.3 Å². The zero-order valence-electron chi connectivity index (χ0n) is 27.0. The van der Waals surface area contributed by atoms with Crippen LogP contribution in [0.4, 0.5) is 0 Å². The highest BCUT2D eigenvalue weighted by Crippen LogP contribution is 2.16. The fraction of sp³-hybridized carbons (Fsp3) is 0.444. The van der Waals surface area contributed by atoms with Crippen LogP contribution in [0.5, 0.6) is 0 Å². The number of aromatic nitrogens is 4. The summed E-state index contributed by atoms with van der Waals surface area (Å²) in [5.41, 5.74) is 5.17. The first-order valence-corrected chi connectivity index (χ1v) is 15.6. The Morgan fingerprint density at radius 1 is 0.318 bits per heavy atom. The van der Waals surface area contributed by atoms with Crippen LogP contribution >= 0.6 is 0 Å². The molecule has 4 rings (SSSR count). The molecule has 4 nitrogen and oxygen atoms in total. The van der Waals surface area contributed by atoms with E-state index in [4.69, 9.17) is 0 Å². The predicted octanol–water partition coefficient (Wildman–Crippen LogP) is -4.93. The van der Waals surface area contributed by atoms with E-state index < -0.39 is 0 Å². The molecule has 0 saturated carbocycles. The van der Waals surface area contributed by atoms with Gasteiger partial charge in [0.25, 0.3) is 0 Å². The van der Waals surface area contributed by atoms with Crippen molar-refractivity contribution >= 4 is 0 Å². The molecule has 4 aromatic heterocycles. The van der Waals surface area contributed by atoms with Gasteiger partial charge in [0.2, 0.25) is 0 Å². The number of nitrogens with zero attached hydrogens (tertiary/aromatic N) is 4. The third-order valence-electron chi connectivity index (χ3n) is 7.31. The Morgan fingerprint density at radius 2 is 0.477 bits per heavy atom. The Bertz CT molecular complexity index is 1020. The lowest BCUT2D eigenvalue weighted by molar-refractivity contribution is -0.697. The van der Waals surface area contributed by atoms with Crippen LogP contribution in [0, 0.1) is 0 Å². The predicted molar refractivity (Wildman–Crippen MR) is 164 cm³/mol. The van der Waals surface area contributed by atoms with Crippen molar-refractivity contribution in [1.82, 2.24) is 0 Å². The molecule has 244 valence electrons. The van der Waals surface area contributed by atoms with Crippen LogP contribution in [-0.4, -0.2) is 0 Å². The average Bonchev–Trinajstić information content (AvgIpc) is 3.02. The summed E-state index contributed by atoms with van der Waals surface area (Å²) in [7, 11) is 0. The van der Waals surface area contributed by atoms with E-state index in [2.05, 4.69) is 144 Å². The third-order valence-corrected chi connectivity index (χ3v) is 7.31. The fourth-order valence-corrected chi connectivity index (χ4v) is 4.56. The zero-order chi connectivity index (χ0) is 28.4. The minimum absolute atomic E-state index is 0. The summed E-state index contributed by atoms with van der Waals surface area (Å²) in [6, 6.07) is 17.7. The highest BCUT2D eigenvalue weighted by Gasteiger charge is 2.06. The number of halogens is 4. The van der Waals surface area contributed by atoms with E-state index in [1.807, 2.05) is 0 Å². The molecule has 44 heavy (non-hydrogen) atoms. The van der Waals surface area contributed by atoms with Crippen LogP contribution in [0.25, 0.3) is 22.3 Å². The van der Waals surface area contributed by atoms with Gasteiger partial charge in [0.05, 0.1) is 0 Å². The maximum atomic E-state index is 2.26. The lowest BCUT2D eigenvalue weighted by Gasteiger charge is -2.01. The van der Waals surface area contributed by atoms with Crippen molar-refractivity contribution in [1.29, 1.82) is 0 Å². The first kappa shape index (κ1) is 45.6. The number of rotatable bonds is 14. The van der Waals surface area contributed by atoms with Crippen LogP contribution in [-0.2, 0) is 26.2 Å². The molecule has 0 unspecified atom stereocenters. The fourth-order valence-electron chi connectivity index (χ4n) is 4.56. The van der Waals surface area contributed by atoms with Gasteiger partial charge < -0.3 is 95.9 Å². The van der Waals surface area contributed by atoms with E-state index in [1.54, 1.807) is 0 Å². The van der Waals surface area contributed by atoms with E-state index in [1.165, 1.54) is 73.6 Å². The molecule has 0 aromatic carbocycles. The van der Waals surface area contributed by atoms with Crippen molar-refractivity contribution in [3.05, 3.63) is 98.1 Å². The monoisotopic (exact) mass is 1050 g/mol. The Morgan fingerprint density at radius 3 is 0.614 bits per heavy atom.